The van der Waals surface area contributed by atoms with Crippen molar-refractivity contribution in [3.8, 4) is 11.8 Å². The number of allylic oxidation sites excluding steroid dienone is 2. The number of carbonyl (C=O) groups excluding carboxylic acids is 1. The molecule has 0 unspecified atom stereocenters. The second-order valence-electron chi connectivity index (χ2n) is 8.08. The number of rotatable bonds is 3. The molecule has 1 fully saturated rings. The molecular formula is C23H33N3O. The Bertz CT molecular complexity index is 781. The zero-order valence-electron chi connectivity index (χ0n) is 17.7. The van der Waals surface area contributed by atoms with Crippen LogP contribution in [0.1, 0.15) is 81.8 Å². The third kappa shape index (κ3) is 5.35. The van der Waals surface area contributed by atoms with E-state index in [9.17, 15) is 4.79 Å². The molecule has 1 saturated heterocycles. The lowest BCUT2D eigenvalue weighted by atomic mass is 9.85. The van der Waals surface area contributed by atoms with Gasteiger partial charge >= 0.3 is 0 Å². The lowest BCUT2D eigenvalue weighted by Crippen LogP contribution is -2.31. The molecule has 4 heteroatoms. The summed E-state index contributed by atoms with van der Waals surface area (Å²) in [6.07, 6.45) is 7.90. The van der Waals surface area contributed by atoms with E-state index in [4.69, 9.17) is 4.98 Å². The molecule has 1 N–H and O–H groups in total. The van der Waals surface area contributed by atoms with E-state index in [1.807, 2.05) is 40.0 Å². The highest BCUT2D eigenvalue weighted by atomic mass is 16.1. The number of aromatic nitrogens is 1. The normalized spacial score (nSPS) is 17.0. The van der Waals surface area contributed by atoms with Crippen molar-refractivity contribution in [2.45, 2.75) is 67.2 Å². The number of carbonyl (C=O) groups is 1. The fourth-order valence-electron chi connectivity index (χ4n) is 3.36. The molecule has 0 radical (unpaired) electrons. The predicted octanol–water partition coefficient (Wildman–Crippen LogP) is 4.82. The molecule has 1 amide bonds. The highest BCUT2D eigenvalue weighted by molar-refractivity contribution is 6.01. The Morgan fingerprint density at radius 2 is 2.11 bits per heavy atom. The Labute approximate surface area is 164 Å². The van der Waals surface area contributed by atoms with Crippen molar-refractivity contribution < 1.29 is 4.79 Å². The second kappa shape index (κ2) is 9.08. The summed E-state index contributed by atoms with van der Waals surface area (Å²) in [6.45, 7) is 14.3. The minimum Gasteiger partial charge on any atom is -0.356 e. The van der Waals surface area contributed by atoms with Crippen molar-refractivity contribution in [2.24, 2.45) is 5.41 Å². The maximum absolute atomic E-state index is 13.1. The number of hydrogen-bond donors (Lipinski definition) is 1. The second-order valence-corrected chi connectivity index (χ2v) is 8.08. The monoisotopic (exact) mass is 367 g/mol. The molecule has 2 heterocycles. The fraction of sp³-hybridized carbons (Fsp3) is 0.565. The van der Waals surface area contributed by atoms with E-state index < -0.39 is 0 Å². The lowest BCUT2D eigenvalue weighted by Gasteiger charge is -2.26. The zero-order chi connectivity index (χ0) is 20.0. The highest BCUT2D eigenvalue weighted by Gasteiger charge is 2.27. The van der Waals surface area contributed by atoms with Crippen LogP contribution in [0.5, 0.6) is 0 Å². The Morgan fingerprint density at radius 1 is 1.37 bits per heavy atom. The molecule has 4 nitrogen and oxygen atoms in total. The third-order valence-electron chi connectivity index (χ3n) is 5.33. The maximum atomic E-state index is 13.1. The first kappa shape index (κ1) is 21.0. The van der Waals surface area contributed by atoms with Gasteiger partial charge in [-0.05, 0) is 51.0 Å². The average Bonchev–Trinajstić information content (AvgIpc) is 2.80. The average molecular weight is 368 g/mol. The fourth-order valence-corrected chi connectivity index (χ4v) is 3.36. The zero-order valence-corrected chi connectivity index (χ0v) is 17.7. The Kier molecular flexibility index (Phi) is 7.07. The van der Waals surface area contributed by atoms with Gasteiger partial charge in [-0.1, -0.05) is 38.7 Å². The molecule has 0 atom stereocenters. The Hall–Kier alpha value is -2.28. The highest BCUT2D eigenvalue weighted by Crippen LogP contribution is 2.33. The van der Waals surface area contributed by atoms with E-state index in [0.29, 0.717) is 11.0 Å². The van der Waals surface area contributed by atoms with Gasteiger partial charge in [-0.2, -0.15) is 0 Å². The number of amides is 1. The van der Waals surface area contributed by atoms with Crippen LogP contribution in [0.25, 0.3) is 0 Å². The third-order valence-corrected chi connectivity index (χ3v) is 5.33. The number of nitrogens with one attached hydrogen (secondary N) is 1. The Balaban J connectivity index is 2.49. The summed E-state index contributed by atoms with van der Waals surface area (Å²) in [5.41, 5.74) is 3.57. The summed E-state index contributed by atoms with van der Waals surface area (Å²) in [5, 5.41) is 2.99. The quantitative estimate of drug-likeness (QED) is 0.779. The van der Waals surface area contributed by atoms with Crippen LogP contribution in [0, 0.1) is 24.2 Å². The van der Waals surface area contributed by atoms with Gasteiger partial charge in [0.15, 0.2) is 0 Å². The molecule has 0 spiro atoms. The first-order valence-corrected chi connectivity index (χ1v) is 9.96. The summed E-state index contributed by atoms with van der Waals surface area (Å²) >= 11 is 0. The molecule has 146 valence electrons. The molecule has 0 aromatic carbocycles. The van der Waals surface area contributed by atoms with Gasteiger partial charge in [0.05, 0.1) is 5.56 Å². The Morgan fingerprint density at radius 3 is 2.78 bits per heavy atom. The molecule has 27 heavy (non-hydrogen) atoms. The summed E-state index contributed by atoms with van der Waals surface area (Å²) in [7, 11) is 0. The van der Waals surface area contributed by atoms with Gasteiger partial charge in [-0.15, -0.1) is 0 Å². The standard InChI is InChI=1S/C23H33N3O/c1-7-9-11-19-16-24-21(26-14-10-12-23(5,6)13-15-26)20(18(19)4)22(27)25-17(3)8-2/h8,16H,7,10,12-15H2,1-6H3,(H,25,27)/b17-8+. The minimum atomic E-state index is -0.103. The largest absolute Gasteiger partial charge is 0.356 e. The summed E-state index contributed by atoms with van der Waals surface area (Å²) in [6, 6.07) is 0. The van der Waals surface area contributed by atoms with Gasteiger partial charge in [0.25, 0.3) is 5.91 Å². The first-order valence-electron chi connectivity index (χ1n) is 9.96. The molecule has 1 aromatic rings. The van der Waals surface area contributed by atoms with Gasteiger partial charge in [-0.25, -0.2) is 4.98 Å². The molecule has 1 aromatic heterocycles. The van der Waals surface area contributed by atoms with Crippen LogP contribution in [0.2, 0.25) is 0 Å². The lowest BCUT2D eigenvalue weighted by molar-refractivity contribution is 0.0965. The number of anilines is 1. The van der Waals surface area contributed by atoms with Crippen LogP contribution in [0.3, 0.4) is 0 Å². The van der Waals surface area contributed by atoms with Gasteiger partial charge in [0.2, 0.25) is 0 Å². The van der Waals surface area contributed by atoms with E-state index in [1.165, 1.54) is 6.42 Å². The van der Waals surface area contributed by atoms with Crippen molar-refractivity contribution in [1.82, 2.24) is 10.3 Å². The summed E-state index contributed by atoms with van der Waals surface area (Å²) in [4.78, 5) is 20.1. The molecule has 0 saturated carbocycles. The van der Waals surface area contributed by atoms with Crippen molar-refractivity contribution in [3.05, 3.63) is 34.7 Å². The van der Waals surface area contributed by atoms with Crippen molar-refractivity contribution in [3.63, 3.8) is 0 Å². The predicted molar refractivity (Wildman–Crippen MR) is 113 cm³/mol. The molecule has 1 aliphatic rings. The van der Waals surface area contributed by atoms with Crippen LogP contribution in [-0.2, 0) is 0 Å². The SMILES string of the molecule is C/C=C(\C)NC(=O)c1c(N2CCCC(C)(C)CC2)ncc(C#CCC)c1C. The molecule has 1 aliphatic heterocycles. The molecule has 0 bridgehead atoms. The van der Waals surface area contributed by atoms with Gasteiger partial charge in [0.1, 0.15) is 5.82 Å². The van der Waals surface area contributed by atoms with Crippen LogP contribution in [-0.4, -0.2) is 24.0 Å². The van der Waals surface area contributed by atoms with E-state index in [2.05, 4.69) is 35.9 Å². The number of nitrogens with zero attached hydrogens (tertiary/aromatic N) is 2. The van der Waals surface area contributed by atoms with E-state index in [0.717, 1.165) is 55.0 Å². The van der Waals surface area contributed by atoms with Crippen molar-refractivity contribution in [2.75, 3.05) is 18.0 Å². The van der Waals surface area contributed by atoms with Gasteiger partial charge in [0, 0.05) is 37.0 Å². The van der Waals surface area contributed by atoms with E-state index in [-0.39, 0.29) is 5.91 Å². The molecule has 2 rings (SSSR count). The van der Waals surface area contributed by atoms with E-state index in [1.54, 1.807) is 0 Å². The van der Waals surface area contributed by atoms with Crippen LogP contribution in [0.15, 0.2) is 18.0 Å². The summed E-state index contributed by atoms with van der Waals surface area (Å²) < 4.78 is 0. The smallest absolute Gasteiger partial charge is 0.259 e. The van der Waals surface area contributed by atoms with Crippen molar-refractivity contribution >= 4 is 11.7 Å². The van der Waals surface area contributed by atoms with Crippen LogP contribution < -0.4 is 10.2 Å². The molecular weight excluding hydrogens is 334 g/mol. The van der Waals surface area contributed by atoms with Gasteiger partial charge in [-0.3, -0.25) is 4.79 Å². The number of hydrogen-bond acceptors (Lipinski definition) is 3. The van der Waals surface area contributed by atoms with Crippen LogP contribution >= 0.6 is 0 Å². The van der Waals surface area contributed by atoms with Crippen molar-refractivity contribution in [1.29, 1.82) is 0 Å². The number of pyridine rings is 1. The molecule has 0 aliphatic carbocycles. The first-order chi connectivity index (χ1) is 12.8. The van der Waals surface area contributed by atoms with E-state index >= 15 is 0 Å². The van der Waals surface area contributed by atoms with Crippen LogP contribution in [0.4, 0.5) is 5.82 Å². The maximum Gasteiger partial charge on any atom is 0.259 e. The van der Waals surface area contributed by atoms with Gasteiger partial charge < -0.3 is 10.2 Å². The summed E-state index contributed by atoms with van der Waals surface area (Å²) in [5.74, 6) is 6.93. The minimum absolute atomic E-state index is 0.103. The topological polar surface area (TPSA) is 45.2 Å².